The predicted molar refractivity (Wildman–Crippen MR) is 59.6 cm³/mol. The van der Waals surface area contributed by atoms with E-state index in [-0.39, 0.29) is 11.3 Å². The molecule has 1 aromatic carbocycles. The summed E-state index contributed by atoms with van der Waals surface area (Å²) >= 11 is 0. The molecule has 0 atom stereocenters. The number of nitrogens with one attached hydrogen (secondary N) is 1. The monoisotopic (exact) mass is 250 g/mol. The molecule has 0 amide bonds. The Hall–Kier alpha value is -2.70. The van der Waals surface area contributed by atoms with Gasteiger partial charge in [0.25, 0.3) is 5.56 Å². The Morgan fingerprint density at radius 2 is 2.00 bits per heavy atom. The van der Waals surface area contributed by atoms with Crippen molar-refractivity contribution in [3.8, 4) is 5.69 Å². The minimum Gasteiger partial charge on any atom is -0.478 e. The van der Waals surface area contributed by atoms with E-state index in [1.54, 1.807) is 0 Å². The van der Waals surface area contributed by atoms with Crippen LogP contribution in [0, 0.1) is 5.82 Å². The highest BCUT2D eigenvalue weighted by atomic mass is 19.1. The number of carboxylic acids is 1. The van der Waals surface area contributed by atoms with Gasteiger partial charge in [0.1, 0.15) is 5.82 Å². The zero-order valence-electron chi connectivity index (χ0n) is 8.88. The van der Waals surface area contributed by atoms with Gasteiger partial charge in [-0.25, -0.2) is 14.0 Å². The van der Waals surface area contributed by atoms with Crippen molar-refractivity contribution in [3.05, 3.63) is 62.7 Å². The molecule has 0 radical (unpaired) electrons. The third-order valence-electron chi connectivity index (χ3n) is 2.28. The Labute approximate surface area is 98.9 Å². The summed E-state index contributed by atoms with van der Waals surface area (Å²) in [7, 11) is 0. The van der Waals surface area contributed by atoms with Crippen LogP contribution < -0.4 is 11.2 Å². The van der Waals surface area contributed by atoms with Gasteiger partial charge in [-0.1, -0.05) is 0 Å². The second-order valence-electron chi connectivity index (χ2n) is 3.45. The van der Waals surface area contributed by atoms with Gasteiger partial charge in [0.05, 0.1) is 11.3 Å². The van der Waals surface area contributed by atoms with Crippen LogP contribution in [0.2, 0.25) is 0 Å². The summed E-state index contributed by atoms with van der Waals surface area (Å²) in [6.07, 6.45) is 1.07. The predicted octanol–water partition coefficient (Wildman–Crippen LogP) is 0.363. The molecule has 2 N–H and O–H groups in total. The first-order valence-electron chi connectivity index (χ1n) is 4.84. The number of benzene rings is 1. The van der Waals surface area contributed by atoms with Crippen LogP contribution in [0.4, 0.5) is 4.39 Å². The number of halogens is 1. The maximum Gasteiger partial charge on any atom is 0.335 e. The van der Waals surface area contributed by atoms with Gasteiger partial charge in [-0.3, -0.25) is 14.3 Å². The Bertz CT molecular complexity index is 732. The van der Waals surface area contributed by atoms with Crippen molar-refractivity contribution in [2.45, 2.75) is 0 Å². The second kappa shape index (κ2) is 4.28. The van der Waals surface area contributed by atoms with E-state index < -0.39 is 23.0 Å². The number of aromatic carboxylic acids is 1. The van der Waals surface area contributed by atoms with Gasteiger partial charge in [0.15, 0.2) is 0 Å². The molecule has 18 heavy (non-hydrogen) atoms. The van der Waals surface area contributed by atoms with Crippen molar-refractivity contribution < 1.29 is 14.3 Å². The van der Waals surface area contributed by atoms with E-state index in [0.29, 0.717) is 0 Å². The van der Waals surface area contributed by atoms with Crippen LogP contribution >= 0.6 is 0 Å². The van der Waals surface area contributed by atoms with Gasteiger partial charge in [-0.2, -0.15) is 0 Å². The molecule has 0 fully saturated rings. The SMILES string of the molecule is O=C(O)c1ccc(F)c(-n2ccc(=O)[nH]c2=O)c1. The van der Waals surface area contributed by atoms with Crippen LogP contribution in [-0.2, 0) is 0 Å². The third kappa shape index (κ3) is 2.05. The van der Waals surface area contributed by atoms with E-state index in [4.69, 9.17) is 5.11 Å². The second-order valence-corrected chi connectivity index (χ2v) is 3.45. The number of aromatic nitrogens is 2. The molecular formula is C11H7FN2O4. The number of aromatic amines is 1. The van der Waals surface area contributed by atoms with Crippen LogP contribution in [0.15, 0.2) is 40.1 Å². The van der Waals surface area contributed by atoms with Gasteiger partial charge >= 0.3 is 11.7 Å². The van der Waals surface area contributed by atoms with E-state index in [1.165, 1.54) is 0 Å². The number of hydrogen-bond donors (Lipinski definition) is 2. The number of nitrogens with zero attached hydrogens (tertiary/aromatic N) is 1. The van der Waals surface area contributed by atoms with Gasteiger partial charge in [0.2, 0.25) is 0 Å². The van der Waals surface area contributed by atoms with E-state index in [2.05, 4.69) is 0 Å². The smallest absolute Gasteiger partial charge is 0.335 e. The minimum absolute atomic E-state index is 0.162. The fraction of sp³-hybridized carbons (Fsp3) is 0. The van der Waals surface area contributed by atoms with Crippen LogP contribution in [0.1, 0.15) is 10.4 Å². The molecule has 6 nitrogen and oxygen atoms in total. The largest absolute Gasteiger partial charge is 0.478 e. The summed E-state index contributed by atoms with van der Waals surface area (Å²) in [5.41, 5.74) is -1.87. The summed E-state index contributed by atoms with van der Waals surface area (Å²) in [6, 6.07) is 4.07. The molecule has 2 rings (SSSR count). The zero-order valence-corrected chi connectivity index (χ0v) is 8.88. The van der Waals surface area contributed by atoms with E-state index >= 15 is 0 Å². The number of hydrogen-bond acceptors (Lipinski definition) is 3. The van der Waals surface area contributed by atoms with Crippen molar-refractivity contribution >= 4 is 5.97 Å². The molecule has 7 heteroatoms. The van der Waals surface area contributed by atoms with Crippen LogP contribution in [-0.4, -0.2) is 20.6 Å². The number of rotatable bonds is 2. The highest BCUT2D eigenvalue weighted by molar-refractivity contribution is 5.88. The lowest BCUT2D eigenvalue weighted by Gasteiger charge is -2.06. The average Bonchev–Trinajstić information content (AvgIpc) is 2.30. The average molecular weight is 250 g/mol. The molecule has 0 aliphatic carbocycles. The summed E-state index contributed by atoms with van der Waals surface area (Å²) in [5.74, 6) is -2.01. The Kier molecular flexibility index (Phi) is 2.80. The lowest BCUT2D eigenvalue weighted by Crippen LogP contribution is -2.28. The molecule has 1 heterocycles. The molecule has 0 unspecified atom stereocenters. The van der Waals surface area contributed by atoms with Gasteiger partial charge in [0, 0.05) is 12.3 Å². The fourth-order valence-electron chi connectivity index (χ4n) is 1.44. The van der Waals surface area contributed by atoms with Crippen LogP contribution in [0.5, 0.6) is 0 Å². The minimum atomic E-state index is -1.24. The van der Waals surface area contributed by atoms with Gasteiger partial charge < -0.3 is 5.11 Å². The fourth-order valence-corrected chi connectivity index (χ4v) is 1.44. The number of H-pyrrole nitrogens is 1. The van der Waals surface area contributed by atoms with Gasteiger partial charge in [-0.05, 0) is 18.2 Å². The first kappa shape index (κ1) is 11.8. The first-order valence-corrected chi connectivity index (χ1v) is 4.84. The first-order chi connectivity index (χ1) is 8.49. The molecule has 0 spiro atoms. The van der Waals surface area contributed by atoms with Crippen molar-refractivity contribution in [3.63, 3.8) is 0 Å². The van der Waals surface area contributed by atoms with Crippen LogP contribution in [0.3, 0.4) is 0 Å². The summed E-state index contributed by atoms with van der Waals surface area (Å²) < 4.78 is 14.4. The van der Waals surface area contributed by atoms with Gasteiger partial charge in [-0.15, -0.1) is 0 Å². The molecule has 0 aliphatic rings. The maximum absolute atomic E-state index is 13.6. The Balaban J connectivity index is 2.70. The van der Waals surface area contributed by atoms with Crippen molar-refractivity contribution in [2.75, 3.05) is 0 Å². The highest BCUT2D eigenvalue weighted by Gasteiger charge is 2.11. The summed E-state index contributed by atoms with van der Waals surface area (Å²) in [5, 5.41) is 8.79. The summed E-state index contributed by atoms with van der Waals surface area (Å²) in [4.78, 5) is 35.1. The maximum atomic E-state index is 13.6. The van der Waals surface area contributed by atoms with Crippen LogP contribution in [0.25, 0.3) is 5.69 Å². The summed E-state index contributed by atoms with van der Waals surface area (Å²) in [6.45, 7) is 0. The Morgan fingerprint density at radius 3 is 2.61 bits per heavy atom. The molecule has 0 bridgehead atoms. The van der Waals surface area contributed by atoms with Crippen molar-refractivity contribution in [1.29, 1.82) is 0 Å². The van der Waals surface area contributed by atoms with E-state index in [0.717, 1.165) is 35.0 Å². The zero-order chi connectivity index (χ0) is 13.3. The lowest BCUT2D eigenvalue weighted by molar-refractivity contribution is 0.0697. The van der Waals surface area contributed by atoms with Crippen molar-refractivity contribution in [1.82, 2.24) is 9.55 Å². The van der Waals surface area contributed by atoms with E-state index in [9.17, 15) is 18.8 Å². The van der Waals surface area contributed by atoms with E-state index in [1.807, 2.05) is 4.98 Å². The molecule has 0 saturated heterocycles. The third-order valence-corrected chi connectivity index (χ3v) is 2.28. The molecule has 0 saturated carbocycles. The lowest BCUT2D eigenvalue weighted by atomic mass is 10.2. The number of carboxylic acid groups (broad SMARTS) is 1. The molecule has 92 valence electrons. The normalized spacial score (nSPS) is 10.3. The standard InChI is InChI=1S/C11H7FN2O4/c12-7-2-1-6(10(16)17)5-8(7)14-4-3-9(15)13-11(14)18/h1-5H,(H,16,17)(H,13,15,18). The molecule has 1 aromatic heterocycles. The number of carbonyl (C=O) groups is 1. The molecule has 0 aliphatic heterocycles. The topological polar surface area (TPSA) is 92.2 Å². The Morgan fingerprint density at radius 1 is 1.28 bits per heavy atom. The van der Waals surface area contributed by atoms with Crippen molar-refractivity contribution in [2.24, 2.45) is 0 Å². The quantitative estimate of drug-likeness (QED) is 0.805. The molecular weight excluding hydrogens is 243 g/mol. The molecule has 2 aromatic rings. The highest BCUT2D eigenvalue weighted by Crippen LogP contribution is 2.13.